The Bertz CT molecular complexity index is 1410. The van der Waals surface area contributed by atoms with Crippen molar-refractivity contribution in [2.75, 3.05) is 31.1 Å². The molecule has 1 aliphatic heterocycles. The number of hydrogen-bond donors (Lipinski definition) is 1. The minimum atomic E-state index is -4.88. The minimum Gasteiger partial charge on any atom is -0.481 e. The molecule has 2 aromatic heterocycles. The maximum absolute atomic E-state index is 13.2. The van der Waals surface area contributed by atoms with Crippen LogP contribution in [0.1, 0.15) is 59.9 Å². The van der Waals surface area contributed by atoms with Crippen LogP contribution in [0.5, 0.6) is 5.75 Å². The van der Waals surface area contributed by atoms with E-state index in [1.807, 2.05) is 4.90 Å². The summed E-state index contributed by atoms with van der Waals surface area (Å²) >= 11 is 7.49. The number of rotatable bonds is 13. The van der Waals surface area contributed by atoms with Gasteiger partial charge in [-0.05, 0) is 57.0 Å². The third-order valence-corrected chi connectivity index (χ3v) is 8.23. The highest BCUT2D eigenvalue weighted by Gasteiger charge is 2.32. The SMILES string of the molecule is CCCN(CCC)Cc1sc(CC(=O)c2cnc(N3CCC(C(=O)O)CC3)cn2)nc1-c1cc(Cl)cc(OC(F)(F)F)c1. The van der Waals surface area contributed by atoms with Crippen LogP contribution in [0, 0.1) is 5.92 Å². The Morgan fingerprint density at radius 1 is 1.12 bits per heavy atom. The molecule has 14 heteroatoms. The highest BCUT2D eigenvalue weighted by molar-refractivity contribution is 7.12. The predicted molar refractivity (Wildman–Crippen MR) is 158 cm³/mol. The van der Waals surface area contributed by atoms with Gasteiger partial charge in [-0.3, -0.25) is 14.5 Å². The number of benzene rings is 1. The maximum atomic E-state index is 13.2. The van der Waals surface area contributed by atoms with E-state index >= 15 is 0 Å². The van der Waals surface area contributed by atoms with Crippen LogP contribution in [-0.4, -0.2) is 69.3 Å². The molecule has 0 bridgehead atoms. The van der Waals surface area contributed by atoms with Crippen molar-refractivity contribution in [3.8, 4) is 17.0 Å². The van der Waals surface area contributed by atoms with Gasteiger partial charge < -0.3 is 14.7 Å². The zero-order chi connectivity index (χ0) is 31.1. The van der Waals surface area contributed by atoms with Crippen molar-refractivity contribution in [2.24, 2.45) is 5.92 Å². The average Bonchev–Trinajstić information content (AvgIpc) is 3.34. The molecular weight excluding hydrogens is 607 g/mol. The quantitative estimate of drug-likeness (QED) is 0.210. The molecular formula is C29H33ClF3N5O4S. The van der Waals surface area contributed by atoms with E-state index in [0.717, 1.165) is 36.9 Å². The van der Waals surface area contributed by atoms with E-state index in [9.17, 15) is 27.9 Å². The van der Waals surface area contributed by atoms with Crippen molar-refractivity contribution in [1.29, 1.82) is 0 Å². The number of ketones is 1. The summed E-state index contributed by atoms with van der Waals surface area (Å²) in [6.45, 7) is 7.38. The fourth-order valence-corrected chi connectivity index (χ4v) is 6.38. The van der Waals surface area contributed by atoms with Crippen LogP contribution in [0.25, 0.3) is 11.3 Å². The lowest BCUT2D eigenvalue weighted by atomic mass is 9.97. The van der Waals surface area contributed by atoms with E-state index in [1.165, 1.54) is 35.9 Å². The summed E-state index contributed by atoms with van der Waals surface area (Å²) in [5, 5.41) is 9.76. The van der Waals surface area contributed by atoms with Crippen molar-refractivity contribution < 1.29 is 32.6 Å². The number of alkyl halides is 3. The first-order valence-corrected chi connectivity index (χ1v) is 15.3. The Balaban J connectivity index is 1.56. The summed E-state index contributed by atoms with van der Waals surface area (Å²) in [6.07, 6.45) is 0.831. The van der Waals surface area contributed by atoms with E-state index in [4.69, 9.17) is 11.6 Å². The molecule has 1 N–H and O–H groups in total. The van der Waals surface area contributed by atoms with Crippen molar-refractivity contribution in [3.63, 3.8) is 0 Å². The normalized spacial score (nSPS) is 14.3. The molecule has 0 aliphatic carbocycles. The van der Waals surface area contributed by atoms with Crippen LogP contribution < -0.4 is 9.64 Å². The monoisotopic (exact) mass is 639 g/mol. The Kier molecular flexibility index (Phi) is 11.0. The molecule has 1 fully saturated rings. The molecule has 1 saturated heterocycles. The van der Waals surface area contributed by atoms with E-state index in [2.05, 4.69) is 38.4 Å². The Labute approximate surface area is 256 Å². The molecule has 3 aromatic rings. The van der Waals surface area contributed by atoms with Gasteiger partial charge in [0.05, 0.1) is 30.4 Å². The van der Waals surface area contributed by atoms with Crippen LogP contribution in [0.4, 0.5) is 19.0 Å². The largest absolute Gasteiger partial charge is 0.573 e. The summed E-state index contributed by atoms with van der Waals surface area (Å²) < 4.78 is 43.0. The zero-order valence-corrected chi connectivity index (χ0v) is 25.4. The number of aromatic nitrogens is 3. The summed E-state index contributed by atoms with van der Waals surface area (Å²) in [6, 6.07) is 3.87. The Hall–Kier alpha value is -3.29. The van der Waals surface area contributed by atoms with Gasteiger partial charge in [-0.2, -0.15) is 0 Å². The second-order valence-electron chi connectivity index (χ2n) is 10.3. The lowest BCUT2D eigenvalue weighted by molar-refractivity contribution is -0.274. The summed E-state index contributed by atoms with van der Waals surface area (Å²) in [5.41, 5.74) is 0.968. The highest BCUT2D eigenvalue weighted by Crippen LogP contribution is 2.36. The fourth-order valence-electron chi connectivity index (χ4n) is 5.02. The minimum absolute atomic E-state index is 0.0647. The number of halogens is 4. The number of piperidine rings is 1. The van der Waals surface area contributed by atoms with Gasteiger partial charge in [-0.1, -0.05) is 25.4 Å². The number of thiazole rings is 1. The second kappa shape index (κ2) is 14.5. The van der Waals surface area contributed by atoms with E-state index in [-0.39, 0.29) is 28.8 Å². The molecule has 0 atom stereocenters. The third-order valence-electron chi connectivity index (χ3n) is 6.97. The number of anilines is 1. The molecule has 4 rings (SSSR count). The number of aliphatic carboxylic acids is 1. The van der Waals surface area contributed by atoms with Gasteiger partial charge in [-0.15, -0.1) is 24.5 Å². The van der Waals surface area contributed by atoms with E-state index < -0.39 is 18.1 Å². The standard InChI is InChI=1S/C29H33ClF3N5O4S/c1-3-7-37(8-4-2)17-24-27(19-11-20(30)13-21(12-19)42-29(31,32)33)36-26(43-24)14-23(39)22-15-35-25(16-34-22)38-9-5-18(6-10-38)28(40)41/h11-13,15-16,18H,3-10,14,17H2,1-2H3,(H,40,41). The average molecular weight is 640 g/mol. The number of nitrogens with zero attached hydrogens (tertiary/aromatic N) is 5. The molecule has 232 valence electrons. The molecule has 43 heavy (non-hydrogen) atoms. The van der Waals surface area contributed by atoms with Gasteiger partial charge >= 0.3 is 12.3 Å². The number of hydrogen-bond acceptors (Lipinski definition) is 9. The van der Waals surface area contributed by atoms with Crippen LogP contribution in [0.2, 0.25) is 5.02 Å². The summed E-state index contributed by atoms with van der Waals surface area (Å²) in [7, 11) is 0. The topological polar surface area (TPSA) is 109 Å². The van der Waals surface area contributed by atoms with Crippen LogP contribution in [-0.2, 0) is 17.8 Å². The number of ether oxygens (including phenoxy) is 1. The highest BCUT2D eigenvalue weighted by atomic mass is 35.5. The van der Waals surface area contributed by atoms with Crippen LogP contribution >= 0.6 is 22.9 Å². The van der Waals surface area contributed by atoms with Gasteiger partial charge in [0.2, 0.25) is 0 Å². The first-order chi connectivity index (χ1) is 20.5. The predicted octanol–water partition coefficient (Wildman–Crippen LogP) is 6.50. The van der Waals surface area contributed by atoms with E-state index in [1.54, 1.807) is 0 Å². The van der Waals surface area contributed by atoms with Crippen LogP contribution in [0.15, 0.2) is 30.6 Å². The first-order valence-electron chi connectivity index (χ1n) is 14.1. The van der Waals surface area contributed by atoms with Crippen molar-refractivity contribution in [1.82, 2.24) is 19.9 Å². The van der Waals surface area contributed by atoms with Crippen molar-refractivity contribution >= 4 is 40.5 Å². The van der Waals surface area contributed by atoms with E-state index in [0.29, 0.717) is 54.6 Å². The van der Waals surface area contributed by atoms with Crippen molar-refractivity contribution in [3.05, 3.63) is 51.2 Å². The summed E-state index contributed by atoms with van der Waals surface area (Å²) in [4.78, 5) is 42.8. The third kappa shape index (κ3) is 9.10. The molecule has 1 aromatic carbocycles. The molecule has 0 saturated carbocycles. The maximum Gasteiger partial charge on any atom is 0.573 e. The Morgan fingerprint density at radius 2 is 1.81 bits per heavy atom. The smallest absolute Gasteiger partial charge is 0.481 e. The number of carboxylic acids is 1. The van der Waals surface area contributed by atoms with Crippen LogP contribution in [0.3, 0.4) is 0 Å². The number of Topliss-reactive ketones (excluding diaryl/α,β-unsaturated/α-hetero) is 1. The summed E-state index contributed by atoms with van der Waals surface area (Å²) in [5.74, 6) is -1.35. The van der Waals surface area contributed by atoms with Gasteiger partial charge in [0, 0.05) is 35.1 Å². The molecule has 9 nitrogen and oxygen atoms in total. The zero-order valence-electron chi connectivity index (χ0n) is 23.9. The molecule has 0 amide bonds. The van der Waals surface area contributed by atoms with Gasteiger partial charge in [0.15, 0.2) is 5.78 Å². The number of carboxylic acid groups (broad SMARTS) is 1. The fraction of sp³-hybridized carbons (Fsp3) is 0.483. The molecule has 1 aliphatic rings. The molecule has 0 radical (unpaired) electrons. The van der Waals surface area contributed by atoms with Gasteiger partial charge in [-0.25, -0.2) is 15.0 Å². The second-order valence-corrected chi connectivity index (χ2v) is 11.9. The number of carbonyl (C=O) groups excluding carboxylic acids is 1. The number of carbonyl (C=O) groups is 2. The molecule has 0 unspecified atom stereocenters. The van der Waals surface area contributed by atoms with Crippen molar-refractivity contribution in [2.45, 2.75) is 58.9 Å². The van der Waals surface area contributed by atoms with Gasteiger partial charge in [0.25, 0.3) is 0 Å². The van der Waals surface area contributed by atoms with Gasteiger partial charge in [0.1, 0.15) is 22.3 Å². The molecule has 3 heterocycles. The first kappa shape index (κ1) is 32.6. The lowest BCUT2D eigenvalue weighted by Gasteiger charge is -2.30. The molecule has 0 spiro atoms. The Morgan fingerprint density at radius 3 is 2.40 bits per heavy atom. The lowest BCUT2D eigenvalue weighted by Crippen LogP contribution is -2.36.